The van der Waals surface area contributed by atoms with Crippen molar-refractivity contribution in [3.8, 4) is 17.2 Å². The molecule has 1 aliphatic carbocycles. The van der Waals surface area contributed by atoms with Crippen LogP contribution in [0.4, 0.5) is 0 Å². The van der Waals surface area contributed by atoms with Crippen molar-refractivity contribution in [3.05, 3.63) is 71.3 Å². The van der Waals surface area contributed by atoms with Crippen LogP contribution >= 0.6 is 12.2 Å². The zero-order chi connectivity index (χ0) is 22.5. The number of hydrogen-bond donors (Lipinski definition) is 1. The van der Waals surface area contributed by atoms with E-state index in [0.29, 0.717) is 6.04 Å². The van der Waals surface area contributed by atoms with Crippen molar-refractivity contribution in [2.45, 2.75) is 57.7 Å². The van der Waals surface area contributed by atoms with Crippen LogP contribution in [0.2, 0.25) is 0 Å². The third kappa shape index (κ3) is 3.37. The summed E-state index contributed by atoms with van der Waals surface area (Å²) in [6, 6.07) is 15.2. The van der Waals surface area contributed by atoms with Crippen molar-refractivity contribution >= 4 is 17.3 Å². The summed E-state index contributed by atoms with van der Waals surface area (Å²) in [6.07, 6.45) is 6.77. The van der Waals surface area contributed by atoms with E-state index in [4.69, 9.17) is 26.7 Å². The van der Waals surface area contributed by atoms with Crippen LogP contribution in [0, 0.1) is 13.8 Å². The molecule has 7 heteroatoms. The van der Waals surface area contributed by atoms with Crippen molar-refractivity contribution in [1.82, 2.24) is 19.8 Å². The Labute approximate surface area is 199 Å². The molecule has 1 saturated heterocycles. The average Bonchev–Trinajstić information content (AvgIpc) is 3.60. The number of nitrogens with zero attached hydrogens (tertiary/aromatic N) is 3. The van der Waals surface area contributed by atoms with Crippen LogP contribution in [-0.4, -0.2) is 32.4 Å². The van der Waals surface area contributed by atoms with Crippen LogP contribution in [0.1, 0.15) is 60.4 Å². The van der Waals surface area contributed by atoms with E-state index in [9.17, 15) is 0 Å². The molecular formula is C26H28N4O2S. The van der Waals surface area contributed by atoms with Gasteiger partial charge in [-0.3, -0.25) is 4.98 Å². The van der Waals surface area contributed by atoms with Crippen LogP contribution in [0.25, 0.3) is 5.69 Å². The highest BCUT2D eigenvalue weighted by atomic mass is 32.1. The Bertz CT molecular complexity index is 1200. The van der Waals surface area contributed by atoms with E-state index in [1.54, 1.807) is 0 Å². The zero-order valence-corrected chi connectivity index (χ0v) is 19.8. The largest absolute Gasteiger partial charge is 0.454 e. The van der Waals surface area contributed by atoms with Crippen LogP contribution in [0.15, 0.2) is 48.7 Å². The molecule has 3 aliphatic rings. The predicted octanol–water partition coefficient (Wildman–Crippen LogP) is 5.13. The molecule has 2 aliphatic heterocycles. The van der Waals surface area contributed by atoms with Gasteiger partial charge in [0, 0.05) is 35.4 Å². The Morgan fingerprint density at radius 1 is 1.03 bits per heavy atom. The maximum Gasteiger partial charge on any atom is 0.231 e. The van der Waals surface area contributed by atoms with Gasteiger partial charge in [0.2, 0.25) is 6.79 Å². The molecule has 0 radical (unpaired) electrons. The quantitative estimate of drug-likeness (QED) is 0.545. The molecule has 0 bridgehead atoms. The molecule has 1 N–H and O–H groups in total. The van der Waals surface area contributed by atoms with Gasteiger partial charge in [0.05, 0.1) is 17.8 Å². The van der Waals surface area contributed by atoms with Gasteiger partial charge in [-0.05, 0) is 74.8 Å². The molecule has 170 valence electrons. The number of aryl methyl sites for hydroxylation is 1. The third-order valence-electron chi connectivity index (χ3n) is 7.26. The summed E-state index contributed by atoms with van der Waals surface area (Å²) in [6.45, 7) is 4.65. The molecule has 0 unspecified atom stereocenters. The summed E-state index contributed by atoms with van der Waals surface area (Å²) in [5, 5.41) is 4.47. The lowest BCUT2D eigenvalue weighted by Gasteiger charge is -2.33. The highest BCUT2D eigenvalue weighted by Gasteiger charge is 2.44. The minimum absolute atomic E-state index is 0.0185. The summed E-state index contributed by atoms with van der Waals surface area (Å²) in [7, 11) is 0. The maximum absolute atomic E-state index is 5.91. The molecule has 1 saturated carbocycles. The van der Waals surface area contributed by atoms with E-state index >= 15 is 0 Å². The van der Waals surface area contributed by atoms with E-state index in [-0.39, 0.29) is 18.9 Å². The lowest BCUT2D eigenvalue weighted by Crippen LogP contribution is -2.37. The minimum atomic E-state index is 0.0185. The van der Waals surface area contributed by atoms with Gasteiger partial charge in [-0.1, -0.05) is 18.9 Å². The van der Waals surface area contributed by atoms with Gasteiger partial charge in [0.15, 0.2) is 16.6 Å². The molecule has 33 heavy (non-hydrogen) atoms. The Morgan fingerprint density at radius 2 is 1.85 bits per heavy atom. The van der Waals surface area contributed by atoms with Crippen molar-refractivity contribution in [2.24, 2.45) is 0 Å². The lowest BCUT2D eigenvalue weighted by atomic mass is 9.95. The monoisotopic (exact) mass is 460 g/mol. The second-order valence-electron chi connectivity index (χ2n) is 9.17. The highest BCUT2D eigenvalue weighted by Crippen LogP contribution is 2.45. The number of benzene rings is 1. The number of pyridine rings is 1. The third-order valence-corrected chi connectivity index (χ3v) is 7.59. The second kappa shape index (κ2) is 8.06. The van der Waals surface area contributed by atoms with Gasteiger partial charge >= 0.3 is 0 Å². The summed E-state index contributed by atoms with van der Waals surface area (Å²) in [5.41, 5.74) is 5.80. The number of ether oxygens (including phenoxy) is 2. The molecule has 2 fully saturated rings. The molecule has 6 nitrogen and oxygen atoms in total. The maximum atomic E-state index is 5.91. The SMILES string of the molecule is Cc1cc([C@@H]2[C@H](c3ccccn3)NC(=S)N2C2CCCC2)c(C)n1-c1ccc2c(c1)OCO2. The first kappa shape index (κ1) is 20.5. The van der Waals surface area contributed by atoms with E-state index in [1.165, 1.54) is 42.6 Å². The van der Waals surface area contributed by atoms with Gasteiger partial charge < -0.3 is 24.3 Å². The first-order valence-electron chi connectivity index (χ1n) is 11.7. The number of thiocarbonyl (C=S) groups is 1. The van der Waals surface area contributed by atoms with Gasteiger partial charge in [0.1, 0.15) is 0 Å². The molecule has 0 spiro atoms. The minimum Gasteiger partial charge on any atom is -0.454 e. The molecule has 2 aromatic heterocycles. The average molecular weight is 461 g/mol. The molecule has 1 aromatic carbocycles. The smallest absolute Gasteiger partial charge is 0.231 e. The first-order valence-corrected chi connectivity index (χ1v) is 12.1. The fourth-order valence-electron chi connectivity index (χ4n) is 5.78. The topological polar surface area (TPSA) is 51.6 Å². The molecular weight excluding hydrogens is 432 g/mol. The number of nitrogens with one attached hydrogen (secondary N) is 1. The summed E-state index contributed by atoms with van der Waals surface area (Å²) < 4.78 is 13.5. The fourth-order valence-corrected chi connectivity index (χ4v) is 6.17. The Morgan fingerprint density at radius 3 is 2.64 bits per heavy atom. The van der Waals surface area contributed by atoms with Crippen LogP contribution in [0.5, 0.6) is 11.5 Å². The molecule has 4 heterocycles. The van der Waals surface area contributed by atoms with E-state index in [2.05, 4.69) is 59.0 Å². The predicted molar refractivity (Wildman–Crippen MR) is 131 cm³/mol. The van der Waals surface area contributed by atoms with E-state index in [1.807, 2.05) is 18.3 Å². The van der Waals surface area contributed by atoms with Crippen LogP contribution in [0.3, 0.4) is 0 Å². The zero-order valence-electron chi connectivity index (χ0n) is 19.0. The fraction of sp³-hybridized carbons (Fsp3) is 0.385. The Balaban J connectivity index is 1.46. The molecule has 6 rings (SSSR count). The van der Waals surface area contributed by atoms with E-state index in [0.717, 1.165) is 28.0 Å². The lowest BCUT2D eigenvalue weighted by molar-refractivity contribution is 0.174. The highest BCUT2D eigenvalue weighted by molar-refractivity contribution is 7.80. The number of rotatable bonds is 4. The number of fused-ring (bicyclic) bond motifs is 1. The Kier molecular flexibility index (Phi) is 5.02. The van der Waals surface area contributed by atoms with Crippen molar-refractivity contribution < 1.29 is 9.47 Å². The van der Waals surface area contributed by atoms with Gasteiger partial charge in [-0.25, -0.2) is 0 Å². The molecule has 2 atom stereocenters. The summed E-state index contributed by atoms with van der Waals surface area (Å²) in [5.74, 6) is 1.60. The molecule has 0 amide bonds. The van der Waals surface area contributed by atoms with Gasteiger partial charge in [-0.2, -0.15) is 0 Å². The van der Waals surface area contributed by atoms with Crippen molar-refractivity contribution in [1.29, 1.82) is 0 Å². The normalized spacial score (nSPS) is 22.2. The van der Waals surface area contributed by atoms with Gasteiger partial charge in [0.25, 0.3) is 0 Å². The van der Waals surface area contributed by atoms with Gasteiger partial charge in [-0.15, -0.1) is 0 Å². The second-order valence-corrected chi connectivity index (χ2v) is 9.56. The number of hydrogen-bond acceptors (Lipinski definition) is 4. The first-order chi connectivity index (χ1) is 16.1. The van der Waals surface area contributed by atoms with E-state index < -0.39 is 0 Å². The van der Waals surface area contributed by atoms with Crippen molar-refractivity contribution in [3.63, 3.8) is 0 Å². The van der Waals surface area contributed by atoms with Crippen LogP contribution in [-0.2, 0) is 0 Å². The molecule has 3 aromatic rings. The standard InChI is InChI=1S/C26H28N4O2S/c1-16-13-20(17(2)29(16)19-10-11-22-23(14-19)32-15-31-22)25-24(21-9-5-6-12-27-21)28-26(33)30(25)18-7-3-4-8-18/h5-6,9-14,18,24-25H,3-4,7-8,15H2,1-2H3,(H,28,33)/t24-,25+/m0/s1. The Hall–Kier alpha value is -3.06. The van der Waals surface area contributed by atoms with Crippen LogP contribution < -0.4 is 14.8 Å². The number of aromatic nitrogens is 2. The van der Waals surface area contributed by atoms with Crippen molar-refractivity contribution in [2.75, 3.05) is 6.79 Å². The summed E-state index contributed by atoms with van der Waals surface area (Å²) in [4.78, 5) is 7.17. The summed E-state index contributed by atoms with van der Waals surface area (Å²) >= 11 is 5.91.